The zero-order valence-corrected chi connectivity index (χ0v) is 21.3. The third-order valence-corrected chi connectivity index (χ3v) is 6.90. The lowest BCUT2D eigenvalue weighted by Gasteiger charge is -2.38. The maximum absolute atomic E-state index is 6.49. The number of benzene rings is 4. The number of hydrazone groups is 1. The van der Waals surface area contributed by atoms with Gasteiger partial charge in [-0.1, -0.05) is 41.9 Å². The molecule has 0 fully saturated rings. The molecule has 0 aliphatic carbocycles. The molecule has 0 amide bonds. The first-order valence-corrected chi connectivity index (χ1v) is 12.9. The molecule has 4 aromatic carbocycles. The Morgan fingerprint density at radius 2 is 1.62 bits per heavy atom. The van der Waals surface area contributed by atoms with Crippen LogP contribution in [0, 0.1) is 0 Å². The van der Waals surface area contributed by atoms with Crippen molar-refractivity contribution in [3.8, 4) is 17.2 Å². The number of fused-ring (bicyclic) bond motifs is 3. The van der Waals surface area contributed by atoms with Crippen LogP contribution in [-0.2, 0) is 6.61 Å². The van der Waals surface area contributed by atoms with Crippen molar-refractivity contribution >= 4 is 17.3 Å². The molecule has 0 bridgehead atoms. The minimum absolute atomic E-state index is 0.0306. The summed E-state index contributed by atoms with van der Waals surface area (Å²) in [4.78, 5) is 0. The van der Waals surface area contributed by atoms with E-state index < -0.39 is 0 Å². The summed E-state index contributed by atoms with van der Waals surface area (Å²) in [6, 6.07) is 32.2. The largest absolute Gasteiger partial charge is 0.494 e. The van der Waals surface area contributed by atoms with Gasteiger partial charge in [0.15, 0.2) is 0 Å². The molecule has 186 valence electrons. The summed E-state index contributed by atoms with van der Waals surface area (Å²) in [6.45, 7) is 3.15. The Morgan fingerprint density at radius 1 is 0.892 bits per heavy atom. The van der Waals surface area contributed by atoms with Crippen LogP contribution in [0.1, 0.15) is 47.9 Å². The van der Waals surface area contributed by atoms with E-state index >= 15 is 0 Å². The van der Waals surface area contributed by atoms with E-state index in [-0.39, 0.29) is 12.3 Å². The van der Waals surface area contributed by atoms with Crippen molar-refractivity contribution in [1.29, 1.82) is 0 Å². The summed E-state index contributed by atoms with van der Waals surface area (Å²) in [5.41, 5.74) is 5.28. The van der Waals surface area contributed by atoms with E-state index in [0.717, 1.165) is 51.6 Å². The number of nitrogens with zero attached hydrogens (tertiary/aromatic N) is 2. The number of ether oxygens (including phenoxy) is 3. The molecule has 0 saturated carbocycles. The molecular weight excluding hydrogens is 484 g/mol. The first-order chi connectivity index (χ1) is 18.2. The van der Waals surface area contributed by atoms with Crippen molar-refractivity contribution in [2.45, 2.75) is 32.2 Å². The van der Waals surface area contributed by atoms with E-state index in [0.29, 0.717) is 18.2 Å². The number of hydrogen-bond acceptors (Lipinski definition) is 5. The quantitative estimate of drug-likeness (QED) is 0.257. The fourth-order valence-electron chi connectivity index (χ4n) is 4.83. The monoisotopic (exact) mass is 510 g/mol. The van der Waals surface area contributed by atoms with Crippen LogP contribution in [0.4, 0.5) is 0 Å². The van der Waals surface area contributed by atoms with Crippen molar-refractivity contribution < 1.29 is 14.2 Å². The second-order valence-electron chi connectivity index (χ2n) is 9.10. The molecule has 0 spiro atoms. The smallest absolute Gasteiger partial charge is 0.213 e. The highest BCUT2D eigenvalue weighted by Crippen LogP contribution is 2.48. The third-order valence-electron chi connectivity index (χ3n) is 6.66. The van der Waals surface area contributed by atoms with Crippen LogP contribution < -0.4 is 14.2 Å². The molecule has 0 N–H and O–H groups in total. The minimum Gasteiger partial charge on any atom is -0.494 e. The molecule has 0 aromatic heterocycles. The van der Waals surface area contributed by atoms with Gasteiger partial charge in [-0.05, 0) is 84.8 Å². The summed E-state index contributed by atoms with van der Waals surface area (Å²) in [6.07, 6.45) is 0.404. The highest BCUT2D eigenvalue weighted by molar-refractivity contribution is 6.30. The van der Waals surface area contributed by atoms with Crippen LogP contribution in [0.15, 0.2) is 102 Å². The van der Waals surface area contributed by atoms with E-state index in [9.17, 15) is 0 Å². The predicted octanol–water partition coefficient (Wildman–Crippen LogP) is 7.56. The number of rotatable bonds is 7. The summed E-state index contributed by atoms with van der Waals surface area (Å²) >= 11 is 6.37. The molecule has 0 saturated heterocycles. The van der Waals surface area contributed by atoms with E-state index in [1.807, 2.05) is 79.7 Å². The summed E-state index contributed by atoms with van der Waals surface area (Å²) in [5, 5.41) is 7.80. The van der Waals surface area contributed by atoms with Gasteiger partial charge in [0.25, 0.3) is 0 Å². The van der Waals surface area contributed by atoms with Crippen molar-refractivity contribution in [1.82, 2.24) is 5.01 Å². The van der Waals surface area contributed by atoms with Gasteiger partial charge in [-0.3, -0.25) is 0 Å². The molecule has 6 rings (SSSR count). The lowest BCUT2D eigenvalue weighted by molar-refractivity contribution is -0.0190. The van der Waals surface area contributed by atoms with E-state index in [2.05, 4.69) is 29.3 Å². The van der Waals surface area contributed by atoms with Crippen molar-refractivity contribution in [3.05, 3.63) is 124 Å². The molecule has 5 nitrogen and oxygen atoms in total. The lowest BCUT2D eigenvalue weighted by Crippen LogP contribution is -2.33. The average Bonchev–Trinajstić information content (AvgIpc) is 3.39. The maximum atomic E-state index is 6.49. The van der Waals surface area contributed by atoms with Crippen LogP contribution >= 0.6 is 11.6 Å². The zero-order chi connectivity index (χ0) is 25.2. The Hall–Kier alpha value is -3.96. The maximum Gasteiger partial charge on any atom is 0.213 e. The molecular formula is C31H27ClN2O3. The average molecular weight is 511 g/mol. The van der Waals surface area contributed by atoms with E-state index in [1.54, 1.807) is 0 Å². The first-order valence-electron chi connectivity index (χ1n) is 12.5. The van der Waals surface area contributed by atoms with Gasteiger partial charge in [-0.25, -0.2) is 5.01 Å². The Balaban J connectivity index is 1.28. The molecule has 2 heterocycles. The van der Waals surface area contributed by atoms with Gasteiger partial charge in [0.2, 0.25) is 6.23 Å². The summed E-state index contributed by atoms with van der Waals surface area (Å²) in [5.74, 6) is 2.51. The Bertz CT molecular complexity index is 1410. The standard InChI is InChI=1S/C31H27ClN2O3/c1-2-35-25-13-8-22(9-14-25)28-19-29-27-18-24(32)12-17-30(27)37-31(34(29)33-28)23-10-15-26(16-11-23)36-20-21-6-4-3-5-7-21/h3-18,29,31H,2,19-20H2,1H3/t29-,31-/m0/s1. The fraction of sp³-hybridized carbons (Fsp3) is 0.194. The Kier molecular flexibility index (Phi) is 6.46. The van der Waals surface area contributed by atoms with Gasteiger partial charge in [-0.15, -0.1) is 0 Å². The minimum atomic E-state index is -0.359. The van der Waals surface area contributed by atoms with Crippen molar-refractivity contribution in [2.24, 2.45) is 5.10 Å². The van der Waals surface area contributed by atoms with Crippen LogP contribution in [-0.4, -0.2) is 17.3 Å². The second kappa shape index (κ2) is 10.2. The molecule has 37 heavy (non-hydrogen) atoms. The van der Waals surface area contributed by atoms with Crippen molar-refractivity contribution in [2.75, 3.05) is 6.61 Å². The van der Waals surface area contributed by atoms with E-state index in [1.165, 1.54) is 0 Å². The molecule has 2 aliphatic rings. The van der Waals surface area contributed by atoms with Gasteiger partial charge < -0.3 is 14.2 Å². The molecule has 6 heteroatoms. The van der Waals surface area contributed by atoms with Gasteiger partial charge in [0.1, 0.15) is 23.9 Å². The highest BCUT2D eigenvalue weighted by atomic mass is 35.5. The molecule has 2 aliphatic heterocycles. The van der Waals surface area contributed by atoms with E-state index in [4.69, 9.17) is 30.9 Å². The normalized spacial score (nSPS) is 17.9. The molecule has 4 aromatic rings. The fourth-order valence-corrected chi connectivity index (χ4v) is 5.01. The zero-order valence-electron chi connectivity index (χ0n) is 20.5. The van der Waals surface area contributed by atoms with Crippen LogP contribution in [0.25, 0.3) is 0 Å². The molecule has 0 radical (unpaired) electrons. The summed E-state index contributed by atoms with van der Waals surface area (Å²) < 4.78 is 18.1. The number of halogens is 1. The number of hydrogen-bond donors (Lipinski definition) is 0. The topological polar surface area (TPSA) is 43.3 Å². The van der Waals surface area contributed by atoms with Crippen LogP contribution in [0.3, 0.4) is 0 Å². The predicted molar refractivity (Wildman–Crippen MR) is 145 cm³/mol. The molecule has 2 atom stereocenters. The molecule has 0 unspecified atom stereocenters. The Morgan fingerprint density at radius 3 is 2.38 bits per heavy atom. The van der Waals surface area contributed by atoms with Crippen LogP contribution in [0.2, 0.25) is 5.02 Å². The highest BCUT2D eigenvalue weighted by Gasteiger charge is 2.41. The summed E-state index contributed by atoms with van der Waals surface area (Å²) in [7, 11) is 0. The van der Waals surface area contributed by atoms with Crippen molar-refractivity contribution in [3.63, 3.8) is 0 Å². The SMILES string of the molecule is CCOc1ccc(C2=NN3[C@@H](C2)c2cc(Cl)ccc2O[C@H]3c2ccc(OCc3ccccc3)cc2)cc1. The van der Waals surface area contributed by atoms with Gasteiger partial charge in [0, 0.05) is 22.6 Å². The Labute approximate surface area is 221 Å². The van der Waals surface area contributed by atoms with Gasteiger partial charge >= 0.3 is 0 Å². The van der Waals surface area contributed by atoms with Crippen LogP contribution in [0.5, 0.6) is 17.2 Å². The second-order valence-corrected chi connectivity index (χ2v) is 9.54. The third kappa shape index (κ3) is 4.87. The lowest BCUT2D eigenvalue weighted by atomic mass is 9.96. The van der Waals surface area contributed by atoms with Gasteiger partial charge in [-0.2, -0.15) is 5.10 Å². The van der Waals surface area contributed by atoms with Gasteiger partial charge in [0.05, 0.1) is 18.4 Å². The first kappa shape index (κ1) is 23.4.